The highest BCUT2D eigenvalue weighted by Gasteiger charge is 2.34. The molecule has 1 aromatic heterocycles. The Balaban J connectivity index is 1.41. The molecule has 0 saturated carbocycles. The molecule has 0 fully saturated rings. The third-order valence-corrected chi connectivity index (χ3v) is 5.97. The van der Waals surface area contributed by atoms with E-state index in [2.05, 4.69) is 42.1 Å². The average molecular weight is 517 g/mol. The zero-order chi connectivity index (χ0) is 23.5. The van der Waals surface area contributed by atoms with E-state index in [1.165, 1.54) is 0 Å². The average Bonchev–Trinajstić information content (AvgIpc) is 3.31. The summed E-state index contributed by atoms with van der Waals surface area (Å²) < 4.78 is 8.57. The number of carbonyl (C=O) groups is 1. The Morgan fingerprint density at radius 3 is 2.65 bits per heavy atom. The second-order valence-corrected chi connectivity index (χ2v) is 8.74. The van der Waals surface area contributed by atoms with Crippen LogP contribution in [0.5, 0.6) is 5.75 Å². The number of hydrogen-bond acceptors (Lipinski definition) is 6. The first-order valence-corrected chi connectivity index (χ1v) is 11.5. The summed E-state index contributed by atoms with van der Waals surface area (Å²) in [6.07, 6.45) is 0. The summed E-state index contributed by atoms with van der Waals surface area (Å²) in [5.41, 5.74) is 3.86. The molecule has 2 N–H and O–H groups in total. The lowest BCUT2D eigenvalue weighted by molar-refractivity contribution is -0.113. The zero-order valence-electron chi connectivity index (χ0n) is 18.3. The van der Waals surface area contributed by atoms with Crippen LogP contribution in [0.2, 0.25) is 0 Å². The van der Waals surface area contributed by atoms with Crippen molar-refractivity contribution in [3.63, 3.8) is 0 Å². The Bertz CT molecular complexity index is 1350. The minimum absolute atomic E-state index is 0.225. The molecule has 4 aromatic rings. The van der Waals surface area contributed by atoms with Crippen molar-refractivity contribution >= 4 is 33.5 Å². The van der Waals surface area contributed by atoms with Gasteiger partial charge in [-0.3, -0.25) is 4.79 Å². The van der Waals surface area contributed by atoms with Gasteiger partial charge in [0.15, 0.2) is 0 Å². The Hall–Kier alpha value is -3.98. The Morgan fingerprint density at radius 2 is 1.88 bits per heavy atom. The molecule has 2 heterocycles. The molecule has 0 aliphatic carbocycles. The number of carbonyl (C=O) groups excluding carboxylic acids is 1. The van der Waals surface area contributed by atoms with E-state index in [0.29, 0.717) is 29.5 Å². The van der Waals surface area contributed by atoms with E-state index >= 15 is 0 Å². The van der Waals surface area contributed by atoms with Crippen LogP contribution in [0, 0.1) is 0 Å². The van der Waals surface area contributed by atoms with Gasteiger partial charge in [-0.1, -0.05) is 63.5 Å². The SMILES string of the molecule is CC1=C(C(=O)Nc2ccccc2)C(c2ccc(OCc3cccc(Br)c3)cc2)n2nnnc2N1. The largest absolute Gasteiger partial charge is 0.489 e. The maximum absolute atomic E-state index is 13.3. The third-order valence-electron chi connectivity index (χ3n) is 5.48. The fourth-order valence-corrected chi connectivity index (χ4v) is 4.32. The summed E-state index contributed by atoms with van der Waals surface area (Å²) in [7, 11) is 0. The normalized spacial score (nSPS) is 14.8. The van der Waals surface area contributed by atoms with Crippen LogP contribution >= 0.6 is 15.9 Å². The second-order valence-electron chi connectivity index (χ2n) is 7.82. The molecule has 1 amide bonds. The maximum Gasteiger partial charge on any atom is 0.255 e. The van der Waals surface area contributed by atoms with Gasteiger partial charge < -0.3 is 15.4 Å². The van der Waals surface area contributed by atoms with Crippen molar-refractivity contribution in [2.75, 3.05) is 10.6 Å². The van der Waals surface area contributed by atoms with Crippen molar-refractivity contribution in [2.45, 2.75) is 19.6 Å². The van der Waals surface area contributed by atoms with Gasteiger partial charge in [-0.25, -0.2) is 0 Å². The van der Waals surface area contributed by atoms with E-state index < -0.39 is 6.04 Å². The molecule has 1 unspecified atom stereocenters. The third kappa shape index (κ3) is 4.55. The highest BCUT2D eigenvalue weighted by atomic mass is 79.9. The first-order chi connectivity index (χ1) is 16.6. The van der Waals surface area contributed by atoms with Gasteiger partial charge in [0.05, 0.1) is 5.57 Å². The van der Waals surface area contributed by atoms with Gasteiger partial charge in [-0.15, -0.1) is 0 Å². The van der Waals surface area contributed by atoms with Crippen LogP contribution in [0.1, 0.15) is 24.1 Å². The summed E-state index contributed by atoms with van der Waals surface area (Å²) in [6, 6.07) is 24.5. The molecule has 0 radical (unpaired) electrons. The molecule has 8 nitrogen and oxygen atoms in total. The van der Waals surface area contributed by atoms with Crippen molar-refractivity contribution in [1.82, 2.24) is 20.2 Å². The molecule has 9 heteroatoms. The molecule has 170 valence electrons. The van der Waals surface area contributed by atoms with E-state index in [9.17, 15) is 4.79 Å². The number of amides is 1. The lowest BCUT2D eigenvalue weighted by Crippen LogP contribution is -2.31. The van der Waals surface area contributed by atoms with Gasteiger partial charge in [0.1, 0.15) is 18.4 Å². The summed E-state index contributed by atoms with van der Waals surface area (Å²) in [5.74, 6) is 0.983. The second kappa shape index (κ2) is 9.48. The van der Waals surface area contributed by atoms with E-state index in [1.807, 2.05) is 85.8 Å². The number of halogens is 1. The van der Waals surface area contributed by atoms with Crippen molar-refractivity contribution in [2.24, 2.45) is 0 Å². The predicted octanol–water partition coefficient (Wildman–Crippen LogP) is 4.94. The van der Waals surface area contributed by atoms with Crippen molar-refractivity contribution in [3.8, 4) is 5.75 Å². The van der Waals surface area contributed by atoms with E-state index in [-0.39, 0.29) is 5.91 Å². The van der Waals surface area contributed by atoms with Crippen LogP contribution < -0.4 is 15.4 Å². The minimum atomic E-state index is -0.492. The van der Waals surface area contributed by atoms with Gasteiger partial charge in [0, 0.05) is 15.9 Å². The number of benzene rings is 3. The van der Waals surface area contributed by atoms with Crippen LogP contribution in [0.3, 0.4) is 0 Å². The van der Waals surface area contributed by atoms with Gasteiger partial charge in [0.25, 0.3) is 5.91 Å². The van der Waals surface area contributed by atoms with Crippen molar-refractivity contribution < 1.29 is 9.53 Å². The topological polar surface area (TPSA) is 94.0 Å². The number of tetrazole rings is 1. The van der Waals surface area contributed by atoms with Crippen molar-refractivity contribution in [3.05, 3.63) is 106 Å². The Morgan fingerprint density at radius 1 is 1.09 bits per heavy atom. The summed E-state index contributed by atoms with van der Waals surface area (Å²) in [6.45, 7) is 2.30. The van der Waals surface area contributed by atoms with Crippen molar-refractivity contribution in [1.29, 1.82) is 0 Å². The van der Waals surface area contributed by atoms with Crippen LogP contribution in [0.25, 0.3) is 0 Å². The molecule has 3 aromatic carbocycles. The smallest absolute Gasteiger partial charge is 0.255 e. The molecular formula is C25H21BrN6O2. The molecule has 1 aliphatic heterocycles. The number of hydrogen-bond donors (Lipinski definition) is 2. The monoisotopic (exact) mass is 516 g/mol. The van der Waals surface area contributed by atoms with Crippen LogP contribution in [0.15, 0.2) is 94.6 Å². The van der Waals surface area contributed by atoms with E-state index in [4.69, 9.17) is 4.74 Å². The number of rotatable bonds is 6. The summed E-state index contributed by atoms with van der Waals surface area (Å²) in [5, 5.41) is 18.1. The maximum atomic E-state index is 13.3. The molecular weight excluding hydrogens is 496 g/mol. The standard InChI is InChI=1S/C25H21BrN6O2/c1-16-22(24(33)28-20-8-3-2-4-9-20)23(32-25(27-16)29-30-31-32)18-10-12-21(13-11-18)34-15-17-6-5-7-19(26)14-17/h2-14,23H,15H2,1H3,(H,28,33)(H,27,29,31). The van der Waals surface area contributed by atoms with Gasteiger partial charge in [0.2, 0.25) is 5.95 Å². The molecule has 0 bridgehead atoms. The molecule has 5 rings (SSSR count). The number of nitrogens with zero attached hydrogens (tertiary/aromatic N) is 4. The molecule has 1 aliphatic rings. The number of fused-ring (bicyclic) bond motifs is 1. The van der Waals surface area contributed by atoms with Gasteiger partial charge in [-0.05, 0) is 64.9 Å². The first-order valence-electron chi connectivity index (χ1n) is 10.7. The lowest BCUT2D eigenvalue weighted by Gasteiger charge is -2.28. The number of aromatic nitrogens is 4. The van der Waals surface area contributed by atoms with Crippen LogP contribution in [-0.4, -0.2) is 26.1 Å². The summed E-state index contributed by atoms with van der Waals surface area (Å²) >= 11 is 3.48. The number of allylic oxidation sites excluding steroid dienone is 1. The fraction of sp³-hybridized carbons (Fsp3) is 0.120. The Kier molecular flexibility index (Phi) is 6.09. The minimum Gasteiger partial charge on any atom is -0.489 e. The number of anilines is 2. The van der Waals surface area contributed by atoms with Crippen LogP contribution in [0.4, 0.5) is 11.6 Å². The quantitative estimate of drug-likeness (QED) is 0.376. The van der Waals surface area contributed by atoms with Crippen LogP contribution in [-0.2, 0) is 11.4 Å². The highest BCUT2D eigenvalue weighted by molar-refractivity contribution is 9.10. The van der Waals surface area contributed by atoms with E-state index in [1.54, 1.807) is 4.68 Å². The molecule has 0 saturated heterocycles. The van der Waals surface area contributed by atoms with E-state index in [0.717, 1.165) is 21.3 Å². The first kappa shape index (κ1) is 21.8. The molecule has 0 spiro atoms. The number of para-hydroxylation sites is 1. The number of nitrogens with one attached hydrogen (secondary N) is 2. The Labute approximate surface area is 204 Å². The molecule has 1 atom stereocenters. The highest BCUT2D eigenvalue weighted by Crippen LogP contribution is 2.35. The number of ether oxygens (including phenoxy) is 1. The molecule has 34 heavy (non-hydrogen) atoms. The zero-order valence-corrected chi connectivity index (χ0v) is 19.9. The lowest BCUT2D eigenvalue weighted by atomic mass is 9.95. The summed E-state index contributed by atoms with van der Waals surface area (Å²) in [4.78, 5) is 13.3. The predicted molar refractivity (Wildman–Crippen MR) is 132 cm³/mol. The van der Waals surface area contributed by atoms with Gasteiger partial charge in [-0.2, -0.15) is 4.68 Å². The fourth-order valence-electron chi connectivity index (χ4n) is 3.87. The van der Waals surface area contributed by atoms with Gasteiger partial charge >= 0.3 is 0 Å².